The Morgan fingerprint density at radius 2 is 1.53 bits per heavy atom. The normalized spacial score (nSPS) is 16.2. The van der Waals surface area contributed by atoms with Gasteiger partial charge in [0.25, 0.3) is 0 Å². The molecule has 0 saturated carbocycles. The predicted molar refractivity (Wildman–Crippen MR) is 81.7 cm³/mol. The molecule has 0 heterocycles. The molecule has 0 aromatic rings. The molecule has 0 spiro atoms. The van der Waals surface area contributed by atoms with Gasteiger partial charge in [-0.25, -0.2) is 8.42 Å². The Balaban J connectivity index is 5.06. The van der Waals surface area contributed by atoms with Crippen LogP contribution in [0.4, 0.5) is 0 Å². The average Bonchev–Trinajstić information content (AvgIpc) is 2.12. The molecule has 0 N–H and O–H groups in total. The Labute approximate surface area is 119 Å². The fraction of sp³-hybridized carbons (Fsp3) is 0.923. The van der Waals surface area contributed by atoms with Gasteiger partial charge in [0.2, 0.25) is 0 Å². The molecule has 1 atom stereocenters. The van der Waals surface area contributed by atoms with Gasteiger partial charge in [-0.3, -0.25) is 0 Å². The molecule has 0 rings (SSSR count). The summed E-state index contributed by atoms with van der Waals surface area (Å²) >= 11 is 0. The van der Waals surface area contributed by atoms with Crippen LogP contribution in [0.15, 0.2) is 0 Å². The highest BCUT2D eigenvalue weighted by molar-refractivity contribution is 7.92. The lowest BCUT2D eigenvalue weighted by Gasteiger charge is -2.38. The molecule has 19 heavy (non-hydrogen) atoms. The van der Waals surface area contributed by atoms with E-state index in [2.05, 4.69) is 20.8 Å². The third kappa shape index (κ3) is 5.00. The van der Waals surface area contributed by atoms with Crippen LogP contribution in [0.1, 0.15) is 41.5 Å². The van der Waals surface area contributed by atoms with E-state index < -0.39 is 29.0 Å². The van der Waals surface area contributed by atoms with Crippen molar-refractivity contribution in [2.45, 2.75) is 70.5 Å². The summed E-state index contributed by atoms with van der Waals surface area (Å²) in [5, 5.41) is -0.0558. The summed E-state index contributed by atoms with van der Waals surface area (Å²) in [6, 6.07) is 0. The van der Waals surface area contributed by atoms with Gasteiger partial charge in [0.15, 0.2) is 18.2 Å². The second kappa shape index (κ2) is 5.66. The summed E-state index contributed by atoms with van der Waals surface area (Å²) in [6.07, 6.45) is -0.255. The lowest BCUT2D eigenvalue weighted by molar-refractivity contribution is -0.113. The van der Waals surface area contributed by atoms with Crippen LogP contribution < -0.4 is 0 Å². The van der Waals surface area contributed by atoms with Crippen LogP contribution in [-0.4, -0.2) is 39.6 Å². The first-order valence-electron chi connectivity index (χ1n) is 6.49. The maximum atomic E-state index is 12.1. The summed E-state index contributed by atoms with van der Waals surface area (Å²) in [5.41, 5.74) is 0. The number of rotatable bonds is 5. The molecule has 0 aliphatic heterocycles. The maximum absolute atomic E-state index is 12.1. The van der Waals surface area contributed by atoms with E-state index in [4.69, 9.17) is 4.43 Å². The van der Waals surface area contributed by atoms with Crippen molar-refractivity contribution in [2.24, 2.45) is 0 Å². The molecule has 0 unspecified atom stereocenters. The minimum Gasteiger partial charge on any atom is -0.406 e. The second-order valence-electron chi connectivity index (χ2n) is 7.45. The van der Waals surface area contributed by atoms with E-state index in [1.54, 1.807) is 20.8 Å². The third-order valence-electron chi connectivity index (χ3n) is 3.72. The summed E-state index contributed by atoms with van der Waals surface area (Å²) in [6.45, 7) is 15.1. The average molecular weight is 309 g/mol. The van der Waals surface area contributed by atoms with Crippen LogP contribution in [-0.2, 0) is 19.1 Å². The van der Waals surface area contributed by atoms with Crippen molar-refractivity contribution in [2.75, 3.05) is 5.75 Å². The summed E-state index contributed by atoms with van der Waals surface area (Å²) in [5.74, 6) is -0.244. The molecule has 6 heteroatoms. The van der Waals surface area contributed by atoms with Gasteiger partial charge in [0, 0.05) is 0 Å². The van der Waals surface area contributed by atoms with Gasteiger partial charge in [-0.15, -0.1) is 0 Å². The van der Waals surface area contributed by atoms with Crippen molar-refractivity contribution >= 4 is 24.4 Å². The molecule has 0 bridgehead atoms. The van der Waals surface area contributed by atoms with Crippen LogP contribution in [0, 0.1) is 0 Å². The Bertz CT molecular complexity index is 413. The molecule has 4 nitrogen and oxygen atoms in total. The molecule has 0 aromatic carbocycles. The van der Waals surface area contributed by atoms with E-state index >= 15 is 0 Å². The molecular formula is C13H28O4SSi. The van der Waals surface area contributed by atoms with Crippen molar-refractivity contribution in [3.8, 4) is 0 Å². The van der Waals surface area contributed by atoms with Crippen LogP contribution in [0.2, 0.25) is 18.1 Å². The topological polar surface area (TPSA) is 60.4 Å². The molecule has 0 fully saturated rings. The third-order valence-corrected chi connectivity index (χ3v) is 10.9. The highest BCUT2D eigenvalue weighted by Crippen LogP contribution is 2.37. The zero-order valence-electron chi connectivity index (χ0n) is 13.4. The Morgan fingerprint density at radius 3 is 1.79 bits per heavy atom. The zero-order chi connectivity index (χ0) is 15.7. The summed E-state index contributed by atoms with van der Waals surface area (Å²) in [4.78, 5) is 11.1. The number of hydrogen-bond acceptors (Lipinski definition) is 4. The fourth-order valence-electron chi connectivity index (χ4n) is 1.12. The van der Waals surface area contributed by atoms with E-state index in [-0.39, 0.29) is 10.8 Å². The van der Waals surface area contributed by atoms with Gasteiger partial charge >= 0.3 is 0 Å². The van der Waals surface area contributed by atoms with E-state index in [1.807, 2.05) is 13.1 Å². The first-order valence-corrected chi connectivity index (χ1v) is 11.1. The monoisotopic (exact) mass is 308 g/mol. The van der Waals surface area contributed by atoms with Crippen molar-refractivity contribution in [3.05, 3.63) is 0 Å². The lowest BCUT2D eigenvalue weighted by atomic mass is 10.2. The smallest absolute Gasteiger partial charge is 0.193 e. The van der Waals surface area contributed by atoms with Crippen LogP contribution in [0.3, 0.4) is 0 Å². The Hall–Kier alpha value is -0.203. The molecular weight excluding hydrogens is 280 g/mol. The summed E-state index contributed by atoms with van der Waals surface area (Å²) < 4.78 is 29.3. The quantitative estimate of drug-likeness (QED) is 0.579. The van der Waals surface area contributed by atoms with Crippen LogP contribution in [0.25, 0.3) is 0 Å². The van der Waals surface area contributed by atoms with E-state index in [0.29, 0.717) is 6.29 Å². The van der Waals surface area contributed by atoms with Crippen molar-refractivity contribution in [1.82, 2.24) is 0 Å². The number of hydrogen-bond donors (Lipinski definition) is 0. The lowest BCUT2D eigenvalue weighted by Crippen LogP contribution is -2.47. The van der Waals surface area contributed by atoms with Crippen LogP contribution in [0.5, 0.6) is 0 Å². The minimum absolute atomic E-state index is 0.0558. The van der Waals surface area contributed by atoms with Gasteiger partial charge in [-0.1, -0.05) is 20.8 Å². The SMILES string of the molecule is CC(C)(C)[Si](C)(C)O[C@H](C=O)CS(=O)(=O)C(C)(C)C. The molecule has 0 aliphatic carbocycles. The summed E-state index contributed by atoms with van der Waals surface area (Å²) in [7, 11) is -5.50. The molecule has 0 aliphatic rings. The second-order valence-corrected chi connectivity index (χ2v) is 15.0. The predicted octanol–water partition coefficient (Wildman–Crippen LogP) is 2.79. The van der Waals surface area contributed by atoms with E-state index in [9.17, 15) is 13.2 Å². The van der Waals surface area contributed by atoms with Gasteiger partial charge in [0.1, 0.15) is 12.4 Å². The van der Waals surface area contributed by atoms with Gasteiger partial charge in [0.05, 0.1) is 10.5 Å². The van der Waals surface area contributed by atoms with E-state index in [1.165, 1.54) is 0 Å². The van der Waals surface area contributed by atoms with Crippen LogP contribution >= 0.6 is 0 Å². The zero-order valence-corrected chi connectivity index (χ0v) is 15.2. The number of carbonyl (C=O) groups is 1. The van der Waals surface area contributed by atoms with Crippen molar-refractivity contribution in [3.63, 3.8) is 0 Å². The molecule has 0 amide bonds. The minimum atomic E-state index is -3.36. The van der Waals surface area contributed by atoms with Crippen molar-refractivity contribution < 1.29 is 17.6 Å². The van der Waals surface area contributed by atoms with Crippen molar-refractivity contribution in [1.29, 1.82) is 0 Å². The largest absolute Gasteiger partial charge is 0.406 e. The first kappa shape index (κ1) is 18.8. The fourth-order valence-corrected chi connectivity index (χ4v) is 3.57. The number of carbonyl (C=O) groups excluding carboxylic acids is 1. The van der Waals surface area contributed by atoms with Gasteiger partial charge < -0.3 is 9.22 Å². The Morgan fingerprint density at radius 1 is 1.11 bits per heavy atom. The first-order chi connectivity index (χ1) is 8.14. The number of sulfone groups is 1. The highest BCUT2D eigenvalue weighted by atomic mass is 32.2. The van der Waals surface area contributed by atoms with Gasteiger partial charge in [-0.05, 0) is 38.9 Å². The van der Waals surface area contributed by atoms with E-state index in [0.717, 1.165) is 0 Å². The molecule has 0 saturated heterocycles. The standard InChI is InChI=1S/C13H28O4SSi/c1-12(2,3)18(15,16)10-11(9-14)17-19(7,8)13(4,5)6/h9,11H,10H2,1-8H3/t11-/m1/s1. The van der Waals surface area contributed by atoms with Gasteiger partial charge in [-0.2, -0.15) is 0 Å². The molecule has 114 valence electrons. The number of aldehydes is 1. The molecule has 0 aromatic heterocycles. The molecule has 0 radical (unpaired) electrons. The maximum Gasteiger partial charge on any atom is 0.193 e. The highest BCUT2D eigenvalue weighted by Gasteiger charge is 2.41. The Kier molecular flexibility index (Phi) is 5.59.